The van der Waals surface area contributed by atoms with Crippen LogP contribution < -0.4 is 10.1 Å². The van der Waals surface area contributed by atoms with Gasteiger partial charge >= 0.3 is 18.4 Å². The van der Waals surface area contributed by atoms with E-state index in [-0.39, 0.29) is 17.8 Å². The van der Waals surface area contributed by atoms with E-state index in [4.69, 9.17) is 16.3 Å². The van der Waals surface area contributed by atoms with E-state index in [0.29, 0.717) is 16.1 Å². The molecule has 0 aromatic heterocycles. The first kappa shape index (κ1) is 20.9. The van der Waals surface area contributed by atoms with Gasteiger partial charge in [0, 0.05) is 22.7 Å². The van der Waals surface area contributed by atoms with Crippen molar-refractivity contribution in [1.29, 1.82) is 0 Å². The SMILES string of the molecule is O=C(Nc1ccc(OC(F)(F)F)cc1)N1COC2(C(=O)O)Cc3cc(Cl)ccc3C2=N1. The number of rotatable bonds is 3. The number of anilines is 1. The molecule has 0 spiro atoms. The van der Waals surface area contributed by atoms with Crippen molar-refractivity contribution in [1.82, 2.24) is 5.01 Å². The number of hydrogen-bond acceptors (Lipinski definition) is 5. The number of amides is 2. The molecule has 2 aromatic carbocycles. The molecule has 2 N–H and O–H groups in total. The highest BCUT2D eigenvalue weighted by atomic mass is 35.5. The number of fused-ring (bicyclic) bond motifs is 3. The van der Waals surface area contributed by atoms with Gasteiger partial charge in [-0.1, -0.05) is 17.7 Å². The zero-order valence-electron chi connectivity index (χ0n) is 15.4. The van der Waals surface area contributed by atoms with Gasteiger partial charge in [-0.05, 0) is 42.0 Å². The van der Waals surface area contributed by atoms with Crippen LogP contribution in [0.25, 0.3) is 0 Å². The molecular weight excluding hydrogens is 443 g/mol. The minimum atomic E-state index is -4.83. The van der Waals surface area contributed by atoms with Crippen LogP contribution in [0.5, 0.6) is 5.75 Å². The third-order valence-corrected chi connectivity index (χ3v) is 4.95. The van der Waals surface area contributed by atoms with E-state index in [2.05, 4.69) is 15.2 Å². The molecule has 162 valence electrons. The van der Waals surface area contributed by atoms with Gasteiger partial charge in [0.2, 0.25) is 5.60 Å². The van der Waals surface area contributed by atoms with Crippen LogP contribution in [0.1, 0.15) is 11.1 Å². The molecule has 2 aromatic rings. The normalized spacial score (nSPS) is 19.9. The molecule has 0 saturated carbocycles. The summed E-state index contributed by atoms with van der Waals surface area (Å²) in [6.07, 6.45) is -4.82. The lowest BCUT2D eigenvalue weighted by Crippen LogP contribution is -2.54. The molecule has 1 unspecified atom stereocenters. The van der Waals surface area contributed by atoms with Gasteiger partial charge in [-0.25, -0.2) is 9.59 Å². The fourth-order valence-electron chi connectivity index (χ4n) is 3.35. The number of carbonyl (C=O) groups is 2. The first-order valence-corrected chi connectivity index (χ1v) is 9.15. The summed E-state index contributed by atoms with van der Waals surface area (Å²) in [7, 11) is 0. The summed E-state index contributed by atoms with van der Waals surface area (Å²) in [6.45, 7) is -0.446. The van der Waals surface area contributed by atoms with Gasteiger partial charge < -0.3 is 19.9 Å². The standard InChI is InChI=1S/C19H13ClF3N3O5/c20-11-1-6-14-10(7-11)8-18(16(27)28)15(14)25-26(9-30-18)17(29)24-12-2-4-13(5-3-12)31-19(21,22)23/h1-7H,8-9H2,(H,24,29)(H,27,28). The summed E-state index contributed by atoms with van der Waals surface area (Å²) in [5.74, 6) is -1.70. The number of halogens is 4. The van der Waals surface area contributed by atoms with Crippen LogP contribution >= 0.6 is 11.6 Å². The minimum Gasteiger partial charge on any atom is -0.479 e. The summed E-state index contributed by atoms with van der Waals surface area (Å²) in [5.41, 5.74) is -0.384. The Kier molecular flexibility index (Phi) is 5.02. The highest BCUT2D eigenvalue weighted by Gasteiger charge is 2.54. The molecule has 1 aliphatic heterocycles. The van der Waals surface area contributed by atoms with Gasteiger partial charge in [-0.2, -0.15) is 10.1 Å². The monoisotopic (exact) mass is 455 g/mol. The Hall–Kier alpha value is -3.31. The highest BCUT2D eigenvalue weighted by Crippen LogP contribution is 2.38. The summed E-state index contributed by atoms with van der Waals surface area (Å²) >= 11 is 5.99. The van der Waals surface area contributed by atoms with Crippen LogP contribution in [0, 0.1) is 0 Å². The van der Waals surface area contributed by atoms with Crippen LogP contribution in [0.4, 0.5) is 23.7 Å². The molecule has 12 heteroatoms. The average molecular weight is 456 g/mol. The van der Waals surface area contributed by atoms with Gasteiger partial charge in [0.1, 0.15) is 18.2 Å². The quantitative estimate of drug-likeness (QED) is 0.732. The van der Waals surface area contributed by atoms with Crippen molar-refractivity contribution in [3.63, 3.8) is 0 Å². The molecule has 2 amide bonds. The average Bonchev–Trinajstić information content (AvgIpc) is 3.02. The van der Waals surface area contributed by atoms with Crippen molar-refractivity contribution in [3.8, 4) is 5.75 Å². The predicted molar refractivity (Wildman–Crippen MR) is 102 cm³/mol. The molecule has 4 rings (SSSR count). The Bertz CT molecular complexity index is 1090. The number of carbonyl (C=O) groups excluding carboxylic acids is 1. The lowest BCUT2D eigenvalue weighted by Gasteiger charge is -2.33. The smallest absolute Gasteiger partial charge is 0.479 e. The second kappa shape index (κ2) is 7.43. The summed E-state index contributed by atoms with van der Waals surface area (Å²) in [6, 6.07) is 8.52. The molecule has 1 aliphatic carbocycles. The summed E-state index contributed by atoms with van der Waals surface area (Å²) in [5, 5.41) is 17.7. The van der Waals surface area contributed by atoms with Crippen molar-refractivity contribution in [2.75, 3.05) is 12.0 Å². The number of carboxylic acids is 1. The van der Waals surface area contributed by atoms with E-state index in [1.165, 1.54) is 12.1 Å². The van der Waals surface area contributed by atoms with Crippen molar-refractivity contribution in [3.05, 3.63) is 58.6 Å². The number of aliphatic carboxylic acids is 1. The third-order valence-electron chi connectivity index (χ3n) is 4.72. The van der Waals surface area contributed by atoms with Crippen LogP contribution in [0.3, 0.4) is 0 Å². The van der Waals surface area contributed by atoms with Crippen LogP contribution in [0.2, 0.25) is 5.02 Å². The first-order chi connectivity index (χ1) is 14.6. The van der Waals surface area contributed by atoms with Crippen LogP contribution in [-0.2, 0) is 16.0 Å². The van der Waals surface area contributed by atoms with Crippen molar-refractivity contribution in [2.24, 2.45) is 5.10 Å². The number of alkyl halides is 3. The molecular formula is C19H13ClF3N3O5. The Balaban J connectivity index is 1.56. The number of nitrogens with one attached hydrogen (secondary N) is 1. The number of urea groups is 1. The number of ether oxygens (including phenoxy) is 2. The van der Waals surface area contributed by atoms with Crippen molar-refractivity contribution in [2.45, 2.75) is 18.4 Å². The van der Waals surface area contributed by atoms with Crippen molar-refractivity contribution < 1.29 is 37.3 Å². The Morgan fingerprint density at radius 3 is 2.58 bits per heavy atom. The Morgan fingerprint density at radius 2 is 1.94 bits per heavy atom. The number of hydrogen-bond donors (Lipinski definition) is 2. The predicted octanol–water partition coefficient (Wildman–Crippen LogP) is 3.84. The third kappa shape index (κ3) is 4.01. The van der Waals surface area contributed by atoms with E-state index in [1.54, 1.807) is 18.2 Å². The van der Waals surface area contributed by atoms with Gasteiger partial charge in [0.05, 0.1) is 0 Å². The number of nitrogens with zero attached hydrogens (tertiary/aromatic N) is 2. The van der Waals surface area contributed by atoms with E-state index in [0.717, 1.165) is 17.1 Å². The molecule has 0 saturated heterocycles. The molecule has 8 nitrogen and oxygen atoms in total. The maximum atomic E-state index is 12.6. The second-order valence-corrected chi connectivity index (χ2v) is 7.17. The van der Waals surface area contributed by atoms with Gasteiger partial charge in [0.25, 0.3) is 0 Å². The van der Waals surface area contributed by atoms with Crippen molar-refractivity contribution >= 4 is 35.0 Å². The summed E-state index contributed by atoms with van der Waals surface area (Å²) < 4.78 is 46.1. The molecule has 1 heterocycles. The molecule has 1 atom stereocenters. The maximum absolute atomic E-state index is 12.6. The topological polar surface area (TPSA) is 100 Å². The lowest BCUT2D eigenvalue weighted by atomic mass is 9.98. The zero-order chi connectivity index (χ0) is 22.4. The lowest BCUT2D eigenvalue weighted by molar-refractivity contribution is -0.274. The number of benzene rings is 2. The maximum Gasteiger partial charge on any atom is 0.573 e. The van der Waals surface area contributed by atoms with Gasteiger partial charge in [-0.3, -0.25) is 0 Å². The molecule has 0 bridgehead atoms. The Labute approximate surface area is 177 Å². The largest absolute Gasteiger partial charge is 0.573 e. The Morgan fingerprint density at radius 1 is 1.23 bits per heavy atom. The molecule has 2 aliphatic rings. The van der Waals surface area contributed by atoms with E-state index < -0.39 is 36.4 Å². The summed E-state index contributed by atoms with van der Waals surface area (Å²) in [4.78, 5) is 24.5. The number of carboxylic acid groups (broad SMARTS) is 1. The highest BCUT2D eigenvalue weighted by molar-refractivity contribution is 6.31. The molecule has 31 heavy (non-hydrogen) atoms. The fourth-order valence-corrected chi connectivity index (χ4v) is 3.55. The first-order valence-electron chi connectivity index (χ1n) is 8.77. The zero-order valence-corrected chi connectivity index (χ0v) is 16.2. The van der Waals surface area contributed by atoms with Gasteiger partial charge in [0.15, 0.2) is 0 Å². The van der Waals surface area contributed by atoms with E-state index in [1.807, 2.05) is 0 Å². The molecule has 0 fully saturated rings. The second-order valence-electron chi connectivity index (χ2n) is 6.73. The van der Waals surface area contributed by atoms with E-state index >= 15 is 0 Å². The minimum absolute atomic E-state index is 0.00713. The molecule has 0 radical (unpaired) electrons. The van der Waals surface area contributed by atoms with Crippen LogP contribution in [0.15, 0.2) is 47.6 Å². The van der Waals surface area contributed by atoms with Crippen LogP contribution in [-0.4, -0.2) is 46.5 Å². The number of hydrazone groups is 1. The van der Waals surface area contributed by atoms with Gasteiger partial charge in [-0.15, -0.1) is 13.2 Å². The fraction of sp³-hybridized carbons (Fsp3) is 0.211. The van der Waals surface area contributed by atoms with E-state index in [9.17, 15) is 27.9 Å².